The van der Waals surface area contributed by atoms with E-state index in [-0.39, 0.29) is 0 Å². The van der Waals surface area contributed by atoms with Crippen LogP contribution in [0, 0.1) is 6.92 Å². The van der Waals surface area contributed by atoms with Crippen molar-refractivity contribution in [1.29, 1.82) is 0 Å². The maximum absolute atomic E-state index is 5.73. The van der Waals surface area contributed by atoms with E-state index in [0.29, 0.717) is 6.61 Å². The molecule has 3 nitrogen and oxygen atoms in total. The molecule has 0 heterocycles. The number of nitrogens with zero attached hydrogens (tertiary/aromatic N) is 1. The van der Waals surface area contributed by atoms with Crippen molar-refractivity contribution in [3.63, 3.8) is 0 Å². The lowest BCUT2D eigenvalue weighted by Gasteiger charge is -2.17. The molecule has 0 aromatic heterocycles. The van der Waals surface area contributed by atoms with Crippen molar-refractivity contribution in [3.05, 3.63) is 29.8 Å². The number of rotatable bonds is 8. The molecule has 3 heteroatoms. The van der Waals surface area contributed by atoms with Gasteiger partial charge in [0.2, 0.25) is 0 Å². The van der Waals surface area contributed by atoms with Gasteiger partial charge >= 0.3 is 0 Å². The van der Waals surface area contributed by atoms with E-state index in [1.54, 1.807) is 0 Å². The third-order valence-corrected chi connectivity index (χ3v) is 2.65. The molecule has 1 rings (SSSR count). The van der Waals surface area contributed by atoms with E-state index >= 15 is 0 Å². The van der Waals surface area contributed by atoms with Gasteiger partial charge in [-0.1, -0.05) is 18.2 Å². The van der Waals surface area contributed by atoms with Crippen molar-refractivity contribution in [3.8, 4) is 5.75 Å². The normalized spacial score (nSPS) is 10.8. The van der Waals surface area contributed by atoms with Crippen LogP contribution in [0.25, 0.3) is 0 Å². The second-order valence-electron chi connectivity index (χ2n) is 4.11. The van der Waals surface area contributed by atoms with Crippen molar-refractivity contribution >= 4 is 0 Å². The minimum atomic E-state index is 0.716. The summed E-state index contributed by atoms with van der Waals surface area (Å²) in [7, 11) is 2.08. The van der Waals surface area contributed by atoms with Gasteiger partial charge in [-0.05, 0) is 32.5 Å². The number of likely N-dealkylation sites (N-methyl/N-ethyl adjacent to an activating group) is 1. The van der Waals surface area contributed by atoms with Gasteiger partial charge in [-0.3, -0.25) is 0 Å². The highest BCUT2D eigenvalue weighted by molar-refractivity contribution is 5.31. The Labute approximate surface area is 104 Å². The summed E-state index contributed by atoms with van der Waals surface area (Å²) >= 11 is 0. The van der Waals surface area contributed by atoms with Crippen LogP contribution in [-0.4, -0.2) is 44.9 Å². The van der Waals surface area contributed by atoms with Gasteiger partial charge in [0.05, 0.1) is 6.61 Å². The largest absolute Gasteiger partial charge is 0.492 e. The zero-order valence-electron chi connectivity index (χ0n) is 11.1. The molecule has 1 aromatic carbocycles. The lowest BCUT2D eigenvalue weighted by atomic mass is 10.2. The van der Waals surface area contributed by atoms with Gasteiger partial charge in [-0.25, -0.2) is 0 Å². The van der Waals surface area contributed by atoms with Gasteiger partial charge in [0.25, 0.3) is 0 Å². The minimum Gasteiger partial charge on any atom is -0.492 e. The van der Waals surface area contributed by atoms with E-state index in [2.05, 4.69) is 24.9 Å². The summed E-state index contributed by atoms with van der Waals surface area (Å²) < 4.78 is 11.0. The minimum absolute atomic E-state index is 0.716. The van der Waals surface area contributed by atoms with E-state index in [4.69, 9.17) is 9.47 Å². The molecular formula is C14H23NO2. The molecule has 0 aliphatic carbocycles. The first-order valence-electron chi connectivity index (χ1n) is 6.18. The lowest BCUT2D eigenvalue weighted by molar-refractivity contribution is 0.116. The Morgan fingerprint density at radius 3 is 2.53 bits per heavy atom. The smallest absolute Gasteiger partial charge is 0.122 e. The Morgan fingerprint density at radius 1 is 1.12 bits per heavy atom. The summed E-state index contributed by atoms with van der Waals surface area (Å²) in [5.41, 5.74) is 1.18. The van der Waals surface area contributed by atoms with Crippen molar-refractivity contribution in [2.24, 2.45) is 0 Å². The summed E-state index contributed by atoms with van der Waals surface area (Å²) in [5, 5.41) is 0. The van der Waals surface area contributed by atoms with Crippen LogP contribution in [-0.2, 0) is 4.74 Å². The molecule has 0 fully saturated rings. The van der Waals surface area contributed by atoms with Gasteiger partial charge in [0.15, 0.2) is 0 Å². The van der Waals surface area contributed by atoms with Crippen molar-refractivity contribution in [2.75, 3.05) is 40.0 Å². The summed E-state index contributed by atoms with van der Waals surface area (Å²) in [4.78, 5) is 2.22. The summed E-state index contributed by atoms with van der Waals surface area (Å²) in [6, 6.07) is 8.10. The van der Waals surface area contributed by atoms with Crippen LogP contribution < -0.4 is 4.74 Å². The number of aryl methyl sites for hydroxylation is 1. The summed E-state index contributed by atoms with van der Waals surface area (Å²) in [6.07, 6.45) is 0. The summed E-state index contributed by atoms with van der Waals surface area (Å²) in [6.45, 7) is 8.24. The van der Waals surface area contributed by atoms with Gasteiger partial charge < -0.3 is 14.4 Å². The molecule has 0 atom stereocenters. The molecule has 0 radical (unpaired) electrons. The van der Waals surface area contributed by atoms with Crippen molar-refractivity contribution in [1.82, 2.24) is 4.90 Å². The fraction of sp³-hybridized carbons (Fsp3) is 0.571. The van der Waals surface area contributed by atoms with Crippen molar-refractivity contribution < 1.29 is 9.47 Å². The predicted octanol–water partition coefficient (Wildman–Crippen LogP) is 2.34. The Balaban J connectivity index is 2.17. The van der Waals surface area contributed by atoms with Gasteiger partial charge in [0.1, 0.15) is 12.4 Å². The SMILES string of the molecule is CCOCCN(C)CCOc1ccccc1C. The van der Waals surface area contributed by atoms with Crippen LogP contribution in [0.15, 0.2) is 24.3 Å². The fourth-order valence-electron chi connectivity index (χ4n) is 1.51. The fourth-order valence-corrected chi connectivity index (χ4v) is 1.51. The summed E-state index contributed by atoms with van der Waals surface area (Å²) in [5.74, 6) is 0.978. The third-order valence-electron chi connectivity index (χ3n) is 2.65. The molecule has 0 saturated carbocycles. The molecule has 0 amide bonds. The Hall–Kier alpha value is -1.06. The topological polar surface area (TPSA) is 21.7 Å². The van der Waals surface area contributed by atoms with Crippen molar-refractivity contribution in [2.45, 2.75) is 13.8 Å². The Kier molecular flexibility index (Phi) is 6.67. The number of ether oxygens (including phenoxy) is 2. The van der Waals surface area contributed by atoms with E-state index in [0.717, 1.165) is 32.1 Å². The van der Waals surface area contributed by atoms with E-state index < -0.39 is 0 Å². The van der Waals surface area contributed by atoms with Gasteiger partial charge in [-0.15, -0.1) is 0 Å². The average molecular weight is 237 g/mol. The first-order chi connectivity index (χ1) is 8.24. The molecule has 17 heavy (non-hydrogen) atoms. The number of hydrogen-bond donors (Lipinski definition) is 0. The molecular weight excluding hydrogens is 214 g/mol. The average Bonchev–Trinajstić information content (AvgIpc) is 2.32. The zero-order valence-corrected chi connectivity index (χ0v) is 11.1. The van der Waals surface area contributed by atoms with Gasteiger partial charge in [-0.2, -0.15) is 0 Å². The third kappa shape index (κ3) is 5.71. The first kappa shape index (κ1) is 14.0. The zero-order chi connectivity index (χ0) is 12.5. The van der Waals surface area contributed by atoms with E-state index in [1.165, 1.54) is 5.56 Å². The maximum atomic E-state index is 5.73. The van der Waals surface area contributed by atoms with E-state index in [9.17, 15) is 0 Å². The lowest BCUT2D eigenvalue weighted by Crippen LogP contribution is -2.27. The van der Waals surface area contributed by atoms with Crippen LogP contribution in [0.2, 0.25) is 0 Å². The quantitative estimate of drug-likeness (QED) is 0.648. The number of benzene rings is 1. The molecule has 96 valence electrons. The Morgan fingerprint density at radius 2 is 1.82 bits per heavy atom. The predicted molar refractivity (Wildman–Crippen MR) is 70.7 cm³/mol. The van der Waals surface area contributed by atoms with Crippen LogP contribution >= 0.6 is 0 Å². The molecule has 0 unspecified atom stereocenters. The van der Waals surface area contributed by atoms with Crippen LogP contribution in [0.4, 0.5) is 0 Å². The van der Waals surface area contributed by atoms with Crippen LogP contribution in [0.3, 0.4) is 0 Å². The molecule has 0 bridgehead atoms. The highest BCUT2D eigenvalue weighted by Gasteiger charge is 2.00. The number of hydrogen-bond acceptors (Lipinski definition) is 3. The van der Waals surface area contributed by atoms with Crippen LogP contribution in [0.1, 0.15) is 12.5 Å². The molecule has 0 spiro atoms. The van der Waals surface area contributed by atoms with Gasteiger partial charge in [0, 0.05) is 19.7 Å². The molecule has 0 saturated heterocycles. The first-order valence-corrected chi connectivity index (χ1v) is 6.18. The maximum Gasteiger partial charge on any atom is 0.122 e. The monoisotopic (exact) mass is 237 g/mol. The standard InChI is InChI=1S/C14H23NO2/c1-4-16-11-9-15(3)10-12-17-14-8-6-5-7-13(14)2/h5-8H,4,9-12H2,1-3H3. The molecule has 0 aliphatic heterocycles. The molecule has 0 aliphatic rings. The second kappa shape index (κ2) is 8.09. The highest BCUT2D eigenvalue weighted by atomic mass is 16.5. The Bertz CT molecular complexity index is 315. The number of para-hydroxylation sites is 1. The van der Waals surface area contributed by atoms with Crippen LogP contribution in [0.5, 0.6) is 5.75 Å². The highest BCUT2D eigenvalue weighted by Crippen LogP contribution is 2.15. The molecule has 0 N–H and O–H groups in total. The van der Waals surface area contributed by atoms with E-state index in [1.807, 2.05) is 25.1 Å². The molecule has 1 aromatic rings. The second-order valence-corrected chi connectivity index (χ2v) is 4.11.